The lowest BCUT2D eigenvalue weighted by molar-refractivity contribution is -0.142. The molecule has 9 nitrogen and oxygen atoms in total. The summed E-state index contributed by atoms with van der Waals surface area (Å²) in [6.07, 6.45) is 1.54. The van der Waals surface area contributed by atoms with Gasteiger partial charge in [0.15, 0.2) is 0 Å². The molecule has 33 heavy (non-hydrogen) atoms. The van der Waals surface area contributed by atoms with Crippen LogP contribution in [0, 0.1) is 0 Å². The number of furan rings is 1. The number of amides is 2. The van der Waals surface area contributed by atoms with E-state index in [0.717, 1.165) is 5.52 Å². The molecule has 9 heteroatoms. The molecule has 0 aliphatic carbocycles. The molecule has 1 unspecified atom stereocenters. The van der Waals surface area contributed by atoms with Crippen molar-refractivity contribution in [3.05, 3.63) is 84.3 Å². The number of fused-ring (bicyclic) bond motifs is 1. The van der Waals surface area contributed by atoms with E-state index in [9.17, 15) is 9.59 Å². The van der Waals surface area contributed by atoms with Gasteiger partial charge in [0.25, 0.3) is 0 Å². The van der Waals surface area contributed by atoms with E-state index in [1.807, 2.05) is 54.6 Å². The van der Waals surface area contributed by atoms with E-state index in [1.165, 1.54) is 9.58 Å². The highest BCUT2D eigenvalue weighted by Gasteiger charge is 2.32. The van der Waals surface area contributed by atoms with Crippen molar-refractivity contribution >= 4 is 22.8 Å². The van der Waals surface area contributed by atoms with Crippen LogP contribution in [0.4, 0.5) is 0 Å². The van der Waals surface area contributed by atoms with E-state index in [0.29, 0.717) is 30.0 Å². The Hall–Kier alpha value is -3.98. The average molecular weight is 447 g/mol. The van der Waals surface area contributed by atoms with Gasteiger partial charge in [-0.2, -0.15) is 0 Å². The van der Waals surface area contributed by atoms with Gasteiger partial charge in [-0.15, -0.1) is 5.10 Å². The predicted octanol–water partition coefficient (Wildman–Crippen LogP) is 2.56. The zero-order chi connectivity index (χ0) is 23.0. The number of rotatable bonds is 10. The van der Waals surface area contributed by atoms with Crippen molar-refractivity contribution in [3.63, 3.8) is 0 Å². The molecule has 0 aliphatic heterocycles. The molecule has 0 aliphatic rings. The number of nitrogens with one attached hydrogen (secondary N) is 1. The van der Waals surface area contributed by atoms with Gasteiger partial charge in [-0.3, -0.25) is 9.59 Å². The Morgan fingerprint density at radius 3 is 2.64 bits per heavy atom. The first kappa shape index (κ1) is 22.2. The summed E-state index contributed by atoms with van der Waals surface area (Å²) in [5.74, 6) is -0.0307. The molecule has 4 rings (SSSR count). The normalized spacial score (nSPS) is 11.9. The molecule has 0 saturated heterocycles. The molecule has 2 aromatic carbocycles. The highest BCUT2D eigenvalue weighted by atomic mass is 16.5. The number of methoxy groups -OCH3 is 1. The fourth-order valence-electron chi connectivity index (χ4n) is 3.63. The van der Waals surface area contributed by atoms with Crippen molar-refractivity contribution < 1.29 is 18.7 Å². The number of aromatic nitrogens is 3. The van der Waals surface area contributed by atoms with Crippen molar-refractivity contribution in [2.24, 2.45) is 0 Å². The summed E-state index contributed by atoms with van der Waals surface area (Å²) in [6, 6.07) is 19.3. The van der Waals surface area contributed by atoms with Crippen molar-refractivity contribution in [1.29, 1.82) is 0 Å². The van der Waals surface area contributed by atoms with Gasteiger partial charge in [-0.25, -0.2) is 4.68 Å². The number of carbonyl (C=O) groups excluding carboxylic acids is 2. The summed E-state index contributed by atoms with van der Waals surface area (Å²) in [6.45, 7) is 0.741. The molecule has 4 aromatic rings. The number of hydrogen-bond acceptors (Lipinski definition) is 6. The van der Waals surface area contributed by atoms with Gasteiger partial charge in [0.05, 0.1) is 24.9 Å². The average Bonchev–Trinajstić information content (AvgIpc) is 3.50. The number of ether oxygens (including phenoxy) is 1. The topological polar surface area (TPSA) is 102 Å². The first-order valence-corrected chi connectivity index (χ1v) is 10.6. The zero-order valence-electron chi connectivity index (χ0n) is 18.3. The van der Waals surface area contributed by atoms with Crippen molar-refractivity contribution in [3.8, 4) is 0 Å². The Balaban J connectivity index is 1.68. The van der Waals surface area contributed by atoms with Crippen LogP contribution in [-0.4, -0.2) is 52.0 Å². The van der Waals surface area contributed by atoms with Crippen LogP contribution in [0.5, 0.6) is 0 Å². The number of nitrogens with zero attached hydrogens (tertiary/aromatic N) is 4. The minimum absolute atomic E-state index is 0.0735. The van der Waals surface area contributed by atoms with Crippen LogP contribution < -0.4 is 5.32 Å². The van der Waals surface area contributed by atoms with Crippen LogP contribution in [0.1, 0.15) is 17.4 Å². The summed E-state index contributed by atoms with van der Waals surface area (Å²) in [5, 5.41) is 11.1. The first-order valence-electron chi connectivity index (χ1n) is 10.6. The van der Waals surface area contributed by atoms with E-state index in [1.54, 1.807) is 25.5 Å². The Kier molecular flexibility index (Phi) is 7.11. The van der Waals surface area contributed by atoms with Crippen LogP contribution >= 0.6 is 0 Å². The van der Waals surface area contributed by atoms with Crippen LogP contribution in [0.15, 0.2) is 77.4 Å². The van der Waals surface area contributed by atoms with Gasteiger partial charge in [0, 0.05) is 13.7 Å². The third-order valence-electron chi connectivity index (χ3n) is 5.21. The number of benzene rings is 2. The SMILES string of the molecule is COCCNC(=O)C(c1ccccc1)N(Cc1ccco1)C(=O)Cn1nnc2ccccc21. The second-order valence-electron chi connectivity index (χ2n) is 7.43. The minimum atomic E-state index is -0.865. The van der Waals surface area contributed by atoms with Crippen LogP contribution in [0.25, 0.3) is 11.0 Å². The van der Waals surface area contributed by atoms with Gasteiger partial charge in [-0.1, -0.05) is 47.7 Å². The van der Waals surface area contributed by atoms with Gasteiger partial charge in [0.2, 0.25) is 11.8 Å². The molecule has 1 N–H and O–H groups in total. The molecule has 1 atom stereocenters. The molecule has 0 bridgehead atoms. The summed E-state index contributed by atoms with van der Waals surface area (Å²) < 4.78 is 12.1. The second kappa shape index (κ2) is 10.6. The van der Waals surface area contributed by atoms with Crippen LogP contribution in [0.2, 0.25) is 0 Å². The van der Waals surface area contributed by atoms with Gasteiger partial charge in [-0.05, 0) is 29.8 Å². The Bertz CT molecular complexity index is 1190. The largest absolute Gasteiger partial charge is 0.467 e. The van der Waals surface area contributed by atoms with E-state index in [2.05, 4.69) is 15.6 Å². The van der Waals surface area contributed by atoms with E-state index >= 15 is 0 Å². The molecular weight excluding hydrogens is 422 g/mol. The maximum absolute atomic E-state index is 13.6. The molecule has 2 aromatic heterocycles. The highest BCUT2D eigenvalue weighted by molar-refractivity contribution is 5.89. The molecular formula is C24H25N5O4. The van der Waals surface area contributed by atoms with Crippen molar-refractivity contribution in [2.45, 2.75) is 19.1 Å². The fraction of sp³-hybridized carbons (Fsp3) is 0.250. The molecule has 170 valence electrons. The molecule has 2 amide bonds. The maximum Gasteiger partial charge on any atom is 0.247 e. The van der Waals surface area contributed by atoms with Gasteiger partial charge in [0.1, 0.15) is 23.9 Å². The van der Waals surface area contributed by atoms with E-state index in [4.69, 9.17) is 9.15 Å². The van der Waals surface area contributed by atoms with Crippen LogP contribution in [0.3, 0.4) is 0 Å². The lowest BCUT2D eigenvalue weighted by atomic mass is 10.0. The summed E-state index contributed by atoms with van der Waals surface area (Å²) in [7, 11) is 1.57. The molecule has 0 radical (unpaired) electrons. The quantitative estimate of drug-likeness (QED) is 0.375. The zero-order valence-corrected chi connectivity index (χ0v) is 18.3. The number of carbonyl (C=O) groups is 2. The first-order chi connectivity index (χ1) is 16.2. The molecule has 2 heterocycles. The molecule has 0 spiro atoms. The van der Waals surface area contributed by atoms with Gasteiger partial charge >= 0.3 is 0 Å². The monoisotopic (exact) mass is 447 g/mol. The third kappa shape index (κ3) is 5.27. The number of para-hydroxylation sites is 1. The molecule has 0 saturated carbocycles. The van der Waals surface area contributed by atoms with Crippen molar-refractivity contribution in [1.82, 2.24) is 25.2 Å². The summed E-state index contributed by atoms with van der Waals surface area (Å²) in [5.41, 5.74) is 2.13. The van der Waals surface area contributed by atoms with E-state index < -0.39 is 6.04 Å². The predicted molar refractivity (Wildman–Crippen MR) is 121 cm³/mol. The fourth-order valence-corrected chi connectivity index (χ4v) is 3.63. The maximum atomic E-state index is 13.6. The molecule has 0 fully saturated rings. The minimum Gasteiger partial charge on any atom is -0.467 e. The standard InChI is InChI=1S/C24H25N5O4/c1-32-15-13-25-24(31)23(18-8-3-2-4-9-18)28(16-19-10-7-14-33-19)22(30)17-29-21-12-6-5-11-20(21)26-27-29/h2-12,14,23H,13,15-17H2,1H3,(H,25,31). The lowest BCUT2D eigenvalue weighted by Gasteiger charge is -2.31. The number of hydrogen-bond donors (Lipinski definition) is 1. The Labute approximate surface area is 190 Å². The summed E-state index contributed by atoms with van der Waals surface area (Å²) in [4.78, 5) is 28.4. The second-order valence-corrected chi connectivity index (χ2v) is 7.43. The van der Waals surface area contributed by atoms with Crippen LogP contribution in [-0.2, 0) is 27.4 Å². The summed E-state index contributed by atoms with van der Waals surface area (Å²) >= 11 is 0. The van der Waals surface area contributed by atoms with Gasteiger partial charge < -0.3 is 19.4 Å². The van der Waals surface area contributed by atoms with E-state index in [-0.39, 0.29) is 24.9 Å². The lowest BCUT2D eigenvalue weighted by Crippen LogP contribution is -2.45. The third-order valence-corrected chi connectivity index (χ3v) is 5.21. The Morgan fingerprint density at radius 2 is 1.88 bits per heavy atom. The van der Waals surface area contributed by atoms with Crippen molar-refractivity contribution in [2.75, 3.05) is 20.3 Å². The smallest absolute Gasteiger partial charge is 0.247 e. The highest BCUT2D eigenvalue weighted by Crippen LogP contribution is 2.25. The Morgan fingerprint density at radius 1 is 1.09 bits per heavy atom.